The fourth-order valence-electron chi connectivity index (χ4n) is 7.59. The van der Waals surface area contributed by atoms with Crippen molar-refractivity contribution in [3.8, 4) is 78.4 Å². The summed E-state index contributed by atoms with van der Waals surface area (Å²) in [6.45, 7) is 4.69. The molecule has 51 heavy (non-hydrogen) atoms. The van der Waals surface area contributed by atoms with Crippen molar-refractivity contribution >= 4 is 0 Å². The maximum absolute atomic E-state index is 5.11. The largest absolute Gasteiger partial charge is 0.228 e. The van der Waals surface area contributed by atoms with E-state index in [1.807, 2.05) is 24.3 Å². The van der Waals surface area contributed by atoms with Crippen LogP contribution < -0.4 is 0 Å². The van der Waals surface area contributed by atoms with Crippen LogP contribution in [0.4, 0.5) is 0 Å². The van der Waals surface area contributed by atoms with Crippen molar-refractivity contribution in [2.45, 2.75) is 19.3 Å². The van der Waals surface area contributed by atoms with Gasteiger partial charge in [0.25, 0.3) is 0 Å². The molecule has 8 aromatic rings. The molecule has 9 rings (SSSR count). The second-order valence-electron chi connectivity index (χ2n) is 13.8. The Morgan fingerprint density at radius 3 is 1.35 bits per heavy atom. The quantitative estimate of drug-likeness (QED) is 0.179. The van der Waals surface area contributed by atoms with E-state index >= 15 is 0 Å². The van der Waals surface area contributed by atoms with Gasteiger partial charge in [-0.25, -0.2) is 9.97 Å². The molecule has 1 aliphatic carbocycles. The number of nitrogens with zero attached hydrogens (tertiary/aromatic N) is 2. The molecule has 2 nitrogen and oxygen atoms in total. The van der Waals surface area contributed by atoms with Crippen LogP contribution in [0, 0.1) is 0 Å². The molecule has 0 unspecified atom stereocenters. The van der Waals surface area contributed by atoms with Crippen LogP contribution in [0.2, 0.25) is 0 Å². The fourth-order valence-corrected chi connectivity index (χ4v) is 7.59. The van der Waals surface area contributed by atoms with Gasteiger partial charge in [-0.3, -0.25) is 0 Å². The summed E-state index contributed by atoms with van der Waals surface area (Å²) in [4.78, 5) is 10.2. The van der Waals surface area contributed by atoms with Crippen molar-refractivity contribution < 1.29 is 0 Å². The lowest BCUT2D eigenvalue weighted by molar-refractivity contribution is 0.660. The van der Waals surface area contributed by atoms with Crippen molar-refractivity contribution in [1.82, 2.24) is 9.97 Å². The minimum Gasteiger partial charge on any atom is -0.228 e. The Bertz CT molecular complexity index is 2500. The molecule has 0 bridgehead atoms. The van der Waals surface area contributed by atoms with Crippen LogP contribution in [-0.2, 0) is 5.41 Å². The zero-order chi connectivity index (χ0) is 34.4. The summed E-state index contributed by atoms with van der Waals surface area (Å²) < 4.78 is 0. The Kier molecular flexibility index (Phi) is 7.51. The third-order valence-electron chi connectivity index (χ3n) is 10.3. The average Bonchev–Trinajstić information content (AvgIpc) is 3.43. The lowest BCUT2D eigenvalue weighted by Gasteiger charge is -2.23. The van der Waals surface area contributed by atoms with Crippen LogP contribution in [0.25, 0.3) is 78.4 Å². The molecule has 0 saturated heterocycles. The SMILES string of the molecule is CC1(C)c2ccccc2-c2cc(-c3ccccc3)c(-c3ccc(-c4cc(-c5ccc(-c6ccccc6)cc5)nc(-c5ccccc5)n4)cc3)cc21. The lowest BCUT2D eigenvalue weighted by Crippen LogP contribution is -2.15. The van der Waals surface area contributed by atoms with Gasteiger partial charge in [0.15, 0.2) is 5.82 Å². The molecule has 0 saturated carbocycles. The zero-order valence-corrected chi connectivity index (χ0v) is 28.7. The van der Waals surface area contributed by atoms with E-state index < -0.39 is 0 Å². The summed E-state index contributed by atoms with van der Waals surface area (Å²) in [6.07, 6.45) is 0. The van der Waals surface area contributed by atoms with E-state index in [0.717, 1.165) is 28.1 Å². The molecule has 1 heterocycles. The van der Waals surface area contributed by atoms with Crippen LogP contribution >= 0.6 is 0 Å². The maximum atomic E-state index is 5.11. The van der Waals surface area contributed by atoms with Gasteiger partial charge in [0.1, 0.15) is 0 Å². The van der Waals surface area contributed by atoms with Crippen LogP contribution in [0.3, 0.4) is 0 Å². The number of fused-ring (bicyclic) bond motifs is 3. The Morgan fingerprint density at radius 2 is 0.745 bits per heavy atom. The predicted octanol–water partition coefficient (Wildman–Crippen LogP) is 12.8. The minimum absolute atomic E-state index is 0.0830. The molecule has 0 N–H and O–H groups in total. The molecule has 2 heteroatoms. The standard InChI is InChI=1S/C49H36N2/c1-49(2)44-21-13-12-20-40(44)43-30-41(35-16-8-4-9-17-35)42(31-45(43)49)36-24-28-38(29-25-36)47-32-46(50-48(51-47)39-18-10-5-11-19-39)37-26-22-34(23-27-37)33-14-6-3-7-15-33/h3-32H,1-2H3. The van der Waals surface area contributed by atoms with Gasteiger partial charge in [-0.05, 0) is 73.8 Å². The Hall–Kier alpha value is -6.38. The molecule has 0 atom stereocenters. The first kappa shape index (κ1) is 30.7. The fraction of sp³-hybridized carbons (Fsp3) is 0.0612. The van der Waals surface area contributed by atoms with E-state index in [1.165, 1.54) is 55.6 Å². The second kappa shape index (κ2) is 12.5. The smallest absolute Gasteiger partial charge is 0.160 e. The van der Waals surface area contributed by atoms with Crippen LogP contribution in [0.15, 0.2) is 182 Å². The van der Waals surface area contributed by atoms with Gasteiger partial charge in [-0.2, -0.15) is 0 Å². The van der Waals surface area contributed by atoms with Crippen molar-refractivity contribution in [2.75, 3.05) is 0 Å². The third kappa shape index (κ3) is 5.56. The maximum Gasteiger partial charge on any atom is 0.160 e. The molecule has 0 amide bonds. The summed E-state index contributed by atoms with van der Waals surface area (Å²) >= 11 is 0. The van der Waals surface area contributed by atoms with E-state index in [2.05, 4.69) is 172 Å². The van der Waals surface area contributed by atoms with Crippen LogP contribution in [0.1, 0.15) is 25.0 Å². The lowest BCUT2D eigenvalue weighted by atomic mass is 9.80. The van der Waals surface area contributed by atoms with Gasteiger partial charge >= 0.3 is 0 Å². The van der Waals surface area contributed by atoms with Gasteiger partial charge in [0.05, 0.1) is 11.4 Å². The van der Waals surface area contributed by atoms with E-state index in [1.54, 1.807) is 0 Å². The highest BCUT2D eigenvalue weighted by atomic mass is 14.9. The molecule has 1 aliphatic rings. The average molecular weight is 653 g/mol. The van der Waals surface area contributed by atoms with Crippen molar-refractivity contribution in [2.24, 2.45) is 0 Å². The normalized spacial score (nSPS) is 12.7. The van der Waals surface area contributed by atoms with Gasteiger partial charge in [-0.15, -0.1) is 0 Å². The van der Waals surface area contributed by atoms with E-state index in [0.29, 0.717) is 5.82 Å². The monoisotopic (exact) mass is 652 g/mol. The number of aromatic nitrogens is 2. The number of hydrogen-bond donors (Lipinski definition) is 0. The Balaban J connectivity index is 1.14. The third-order valence-corrected chi connectivity index (χ3v) is 10.3. The molecule has 0 aliphatic heterocycles. The minimum atomic E-state index is -0.0830. The van der Waals surface area contributed by atoms with Gasteiger partial charge < -0.3 is 0 Å². The molecule has 0 radical (unpaired) electrons. The van der Waals surface area contributed by atoms with Crippen molar-refractivity contribution in [3.63, 3.8) is 0 Å². The first-order valence-electron chi connectivity index (χ1n) is 17.6. The highest BCUT2D eigenvalue weighted by molar-refractivity contribution is 5.93. The van der Waals surface area contributed by atoms with Crippen LogP contribution in [0.5, 0.6) is 0 Å². The van der Waals surface area contributed by atoms with Crippen molar-refractivity contribution in [3.05, 3.63) is 193 Å². The number of benzene rings is 7. The highest BCUT2D eigenvalue weighted by Gasteiger charge is 2.36. The zero-order valence-electron chi connectivity index (χ0n) is 28.7. The van der Waals surface area contributed by atoms with E-state index in [-0.39, 0.29) is 5.41 Å². The highest BCUT2D eigenvalue weighted by Crippen LogP contribution is 2.51. The molecular formula is C49H36N2. The van der Waals surface area contributed by atoms with Gasteiger partial charge in [0.2, 0.25) is 0 Å². The second-order valence-corrected chi connectivity index (χ2v) is 13.8. The summed E-state index contributed by atoms with van der Waals surface area (Å²) in [7, 11) is 0. The summed E-state index contributed by atoms with van der Waals surface area (Å²) in [6, 6.07) is 64.9. The first-order valence-corrected chi connectivity index (χ1v) is 17.6. The Morgan fingerprint density at radius 1 is 0.314 bits per heavy atom. The molecule has 0 spiro atoms. The Labute approximate surface area is 299 Å². The molecule has 0 fully saturated rings. The van der Waals surface area contributed by atoms with E-state index in [9.17, 15) is 0 Å². The van der Waals surface area contributed by atoms with Crippen molar-refractivity contribution in [1.29, 1.82) is 0 Å². The summed E-state index contributed by atoms with van der Waals surface area (Å²) in [5.74, 6) is 0.714. The molecule has 242 valence electrons. The topological polar surface area (TPSA) is 25.8 Å². The van der Waals surface area contributed by atoms with Gasteiger partial charge in [-0.1, -0.05) is 178 Å². The number of rotatable bonds is 6. The molecule has 7 aromatic carbocycles. The summed E-state index contributed by atoms with van der Waals surface area (Å²) in [5, 5.41) is 0. The number of hydrogen-bond acceptors (Lipinski definition) is 2. The summed E-state index contributed by atoms with van der Waals surface area (Å²) in [5.41, 5.74) is 17.5. The van der Waals surface area contributed by atoms with Crippen LogP contribution in [-0.4, -0.2) is 9.97 Å². The predicted molar refractivity (Wildman–Crippen MR) is 212 cm³/mol. The first-order chi connectivity index (χ1) is 25.0. The molecule has 1 aromatic heterocycles. The van der Waals surface area contributed by atoms with E-state index in [4.69, 9.17) is 9.97 Å². The van der Waals surface area contributed by atoms with Gasteiger partial charge in [0, 0.05) is 22.1 Å². The molecular weight excluding hydrogens is 617 g/mol.